The fourth-order valence-corrected chi connectivity index (χ4v) is 4.02. The van der Waals surface area contributed by atoms with Gasteiger partial charge in [-0.25, -0.2) is 9.97 Å². The third-order valence-electron chi connectivity index (χ3n) is 4.59. The first-order chi connectivity index (χ1) is 12.0. The minimum absolute atomic E-state index is 0.0596. The van der Waals surface area contributed by atoms with Gasteiger partial charge in [0.15, 0.2) is 0 Å². The number of nitrogens with one attached hydrogen (secondary N) is 1. The van der Waals surface area contributed by atoms with Crippen molar-refractivity contribution in [1.82, 2.24) is 15.3 Å². The van der Waals surface area contributed by atoms with Crippen LogP contribution in [0.25, 0.3) is 0 Å². The van der Waals surface area contributed by atoms with Gasteiger partial charge in [0.05, 0.1) is 36.4 Å². The number of nitrogens with zero attached hydrogens (tertiary/aromatic N) is 2. The Morgan fingerprint density at radius 3 is 2.72 bits per heavy atom. The first-order valence-corrected chi connectivity index (χ1v) is 9.18. The molecule has 0 aliphatic heterocycles. The summed E-state index contributed by atoms with van der Waals surface area (Å²) >= 11 is 1.60. The largest absolute Gasteiger partial charge is 0.481 e. The van der Waals surface area contributed by atoms with Gasteiger partial charge in [-0.3, -0.25) is 4.79 Å². The van der Waals surface area contributed by atoms with Crippen molar-refractivity contribution < 1.29 is 14.6 Å². The molecule has 1 aliphatic rings. The van der Waals surface area contributed by atoms with Crippen LogP contribution in [0.1, 0.15) is 40.0 Å². The number of hydrogen-bond acceptors (Lipinski definition) is 6. The van der Waals surface area contributed by atoms with Crippen molar-refractivity contribution in [2.24, 2.45) is 5.92 Å². The molecule has 7 heteroatoms. The molecule has 0 bridgehead atoms. The Labute approximate surface area is 151 Å². The molecule has 0 spiro atoms. The van der Waals surface area contributed by atoms with Gasteiger partial charge in [-0.1, -0.05) is 6.07 Å². The lowest BCUT2D eigenvalue weighted by Crippen LogP contribution is -2.42. The molecule has 1 atom stereocenters. The van der Waals surface area contributed by atoms with Crippen molar-refractivity contribution in [2.45, 2.75) is 45.3 Å². The number of aliphatic hydroxyl groups is 1. The maximum absolute atomic E-state index is 12.6. The van der Waals surface area contributed by atoms with Gasteiger partial charge in [0, 0.05) is 17.1 Å². The monoisotopic (exact) mass is 361 g/mol. The van der Waals surface area contributed by atoms with E-state index in [0.717, 1.165) is 21.1 Å². The number of carbonyl (C=O) groups is 1. The molecule has 3 rings (SSSR count). The van der Waals surface area contributed by atoms with Gasteiger partial charge in [0.25, 0.3) is 0 Å². The van der Waals surface area contributed by atoms with E-state index >= 15 is 0 Å². The summed E-state index contributed by atoms with van der Waals surface area (Å²) in [6.07, 6.45) is 3.09. The van der Waals surface area contributed by atoms with Crippen LogP contribution in [0.3, 0.4) is 0 Å². The molecule has 0 radical (unpaired) electrons. The summed E-state index contributed by atoms with van der Waals surface area (Å²) in [4.78, 5) is 22.3. The number of hydrogen-bond donors (Lipinski definition) is 2. The van der Waals surface area contributed by atoms with E-state index in [1.165, 1.54) is 0 Å². The Balaban J connectivity index is 1.72. The maximum Gasteiger partial charge on any atom is 0.226 e. The normalized spacial score (nSPS) is 20.6. The molecule has 1 saturated carbocycles. The van der Waals surface area contributed by atoms with Gasteiger partial charge in [-0.15, -0.1) is 11.3 Å². The predicted molar refractivity (Wildman–Crippen MR) is 95.7 cm³/mol. The van der Waals surface area contributed by atoms with Crippen LogP contribution in [0.5, 0.6) is 5.88 Å². The molecule has 25 heavy (non-hydrogen) atoms. The lowest BCUT2D eigenvalue weighted by Gasteiger charge is -2.38. The van der Waals surface area contributed by atoms with E-state index < -0.39 is 0 Å². The van der Waals surface area contributed by atoms with Crippen molar-refractivity contribution >= 4 is 17.2 Å². The predicted octanol–water partition coefficient (Wildman–Crippen LogP) is 2.33. The van der Waals surface area contributed by atoms with Crippen molar-refractivity contribution in [3.8, 4) is 5.88 Å². The highest BCUT2D eigenvalue weighted by Crippen LogP contribution is 2.38. The quantitative estimate of drug-likeness (QED) is 0.825. The first-order valence-electron chi connectivity index (χ1n) is 8.36. The molecular weight excluding hydrogens is 338 g/mol. The topological polar surface area (TPSA) is 84.3 Å². The Morgan fingerprint density at radius 2 is 2.20 bits per heavy atom. The number of aliphatic hydroxyl groups excluding tert-OH is 1. The Morgan fingerprint density at radius 1 is 1.44 bits per heavy atom. The van der Waals surface area contributed by atoms with E-state index in [1.807, 2.05) is 19.9 Å². The number of carbonyl (C=O) groups excluding carboxylic acids is 1. The minimum atomic E-state index is -0.279. The van der Waals surface area contributed by atoms with Crippen LogP contribution < -0.4 is 10.1 Å². The molecule has 134 valence electrons. The van der Waals surface area contributed by atoms with Gasteiger partial charge in [-0.2, -0.15) is 0 Å². The smallest absolute Gasteiger partial charge is 0.226 e. The Kier molecular flexibility index (Phi) is 5.34. The van der Waals surface area contributed by atoms with Crippen molar-refractivity contribution in [2.75, 3.05) is 7.11 Å². The van der Waals surface area contributed by atoms with E-state index in [4.69, 9.17) is 4.74 Å². The molecule has 2 heterocycles. The minimum Gasteiger partial charge on any atom is -0.481 e. The summed E-state index contributed by atoms with van der Waals surface area (Å²) in [7, 11) is 1.57. The second kappa shape index (κ2) is 7.49. The molecule has 0 saturated heterocycles. The van der Waals surface area contributed by atoms with Crippen LogP contribution in [0.15, 0.2) is 18.3 Å². The first kappa shape index (κ1) is 17.8. The zero-order valence-corrected chi connectivity index (χ0v) is 15.5. The van der Waals surface area contributed by atoms with Gasteiger partial charge in [0.2, 0.25) is 11.8 Å². The molecule has 1 aliphatic carbocycles. The van der Waals surface area contributed by atoms with Crippen LogP contribution in [0, 0.1) is 19.8 Å². The standard InChI is InChI=1S/C18H23N3O3S/c1-10-15(20-11(2)25-10)8-16(23)21-18(13-6-14(22)7-13)12-4-5-17(24-3)19-9-12/h4-5,9,13-14,18,22H,6-8H2,1-3H3,(H,21,23). The summed E-state index contributed by atoms with van der Waals surface area (Å²) in [6.45, 7) is 3.93. The summed E-state index contributed by atoms with van der Waals surface area (Å²) in [5.41, 5.74) is 1.76. The van der Waals surface area contributed by atoms with Gasteiger partial charge in [0.1, 0.15) is 0 Å². The lowest BCUT2D eigenvalue weighted by molar-refractivity contribution is -0.122. The van der Waals surface area contributed by atoms with Crippen molar-refractivity contribution in [1.29, 1.82) is 0 Å². The summed E-state index contributed by atoms with van der Waals surface area (Å²) in [5.74, 6) is 0.694. The number of amides is 1. The number of pyridine rings is 1. The third kappa shape index (κ3) is 4.16. The third-order valence-corrected chi connectivity index (χ3v) is 5.52. The van der Waals surface area contributed by atoms with Crippen molar-refractivity contribution in [3.63, 3.8) is 0 Å². The number of methoxy groups -OCH3 is 1. The van der Waals surface area contributed by atoms with Crippen LogP contribution >= 0.6 is 11.3 Å². The second-order valence-corrected chi connectivity index (χ2v) is 7.88. The number of thiazole rings is 1. The number of aryl methyl sites for hydroxylation is 2. The van der Waals surface area contributed by atoms with E-state index in [2.05, 4.69) is 15.3 Å². The zero-order valence-electron chi connectivity index (χ0n) is 14.7. The molecule has 2 aromatic rings. The summed E-state index contributed by atoms with van der Waals surface area (Å²) in [6, 6.07) is 3.55. The maximum atomic E-state index is 12.6. The Hall–Kier alpha value is -1.99. The van der Waals surface area contributed by atoms with Crippen LogP contribution in [0.2, 0.25) is 0 Å². The molecule has 2 N–H and O–H groups in total. The second-order valence-electron chi connectivity index (χ2n) is 6.48. The van der Waals surface area contributed by atoms with E-state index in [1.54, 1.807) is 30.7 Å². The molecule has 2 aromatic heterocycles. The molecule has 1 amide bonds. The van der Waals surface area contributed by atoms with Crippen LogP contribution in [0.4, 0.5) is 0 Å². The number of ether oxygens (including phenoxy) is 1. The fraction of sp³-hybridized carbons (Fsp3) is 0.500. The van der Waals surface area contributed by atoms with E-state index in [-0.39, 0.29) is 30.4 Å². The summed E-state index contributed by atoms with van der Waals surface area (Å²) < 4.78 is 5.10. The van der Waals surface area contributed by atoms with E-state index in [0.29, 0.717) is 18.7 Å². The summed E-state index contributed by atoms with van der Waals surface area (Å²) in [5, 5.41) is 13.7. The average Bonchev–Trinajstić information content (AvgIpc) is 2.87. The molecule has 1 unspecified atom stereocenters. The molecule has 1 fully saturated rings. The highest BCUT2D eigenvalue weighted by atomic mass is 32.1. The number of aromatic nitrogens is 2. The van der Waals surface area contributed by atoms with Crippen LogP contribution in [-0.4, -0.2) is 34.2 Å². The van der Waals surface area contributed by atoms with Gasteiger partial charge >= 0.3 is 0 Å². The Bertz CT molecular complexity index is 739. The van der Waals surface area contributed by atoms with Crippen molar-refractivity contribution in [3.05, 3.63) is 39.5 Å². The average molecular weight is 361 g/mol. The fourth-order valence-electron chi connectivity index (χ4n) is 3.18. The molecule has 0 aromatic carbocycles. The van der Waals surface area contributed by atoms with Crippen LogP contribution in [-0.2, 0) is 11.2 Å². The van der Waals surface area contributed by atoms with Gasteiger partial charge in [-0.05, 0) is 38.2 Å². The highest BCUT2D eigenvalue weighted by molar-refractivity contribution is 7.11. The highest BCUT2D eigenvalue weighted by Gasteiger charge is 2.36. The van der Waals surface area contributed by atoms with E-state index in [9.17, 15) is 9.90 Å². The lowest BCUT2D eigenvalue weighted by atomic mass is 9.75. The molecular formula is C18H23N3O3S. The SMILES string of the molecule is COc1ccc(C(NC(=O)Cc2nc(C)sc2C)C2CC(O)C2)cn1. The number of rotatable bonds is 6. The molecule has 6 nitrogen and oxygen atoms in total. The zero-order chi connectivity index (χ0) is 18.0. The van der Waals surface area contributed by atoms with Gasteiger partial charge < -0.3 is 15.2 Å².